The molecule has 0 bridgehead atoms. The Morgan fingerprint density at radius 3 is 2.63 bits per heavy atom. The maximum Gasteiger partial charge on any atom is 0.224 e. The number of hydrogen-bond acceptors (Lipinski definition) is 4. The average molecular weight is 360 g/mol. The van der Waals surface area contributed by atoms with Crippen molar-refractivity contribution in [2.24, 2.45) is 11.8 Å². The molecule has 138 valence electrons. The van der Waals surface area contributed by atoms with Crippen molar-refractivity contribution in [1.29, 1.82) is 5.26 Å². The van der Waals surface area contributed by atoms with Crippen LogP contribution in [0.25, 0.3) is 0 Å². The summed E-state index contributed by atoms with van der Waals surface area (Å²) in [5.74, 6) is 1.70. The minimum Gasteiger partial charge on any atom is -0.363 e. The Kier molecular flexibility index (Phi) is 4.35. The Labute approximate surface area is 160 Å². The van der Waals surface area contributed by atoms with Gasteiger partial charge in [-0.25, -0.2) is 4.98 Å². The molecule has 1 unspecified atom stereocenters. The third-order valence-corrected chi connectivity index (χ3v) is 5.85. The van der Waals surface area contributed by atoms with E-state index in [1.54, 1.807) is 6.92 Å². The largest absolute Gasteiger partial charge is 0.363 e. The topological polar surface area (TPSA) is 69.0 Å². The zero-order chi connectivity index (χ0) is 19.1. The summed E-state index contributed by atoms with van der Waals surface area (Å²) in [7, 11) is 0. The van der Waals surface area contributed by atoms with Gasteiger partial charge in [0.2, 0.25) is 5.91 Å². The van der Waals surface area contributed by atoms with Crippen LogP contribution < -0.4 is 10.2 Å². The smallest absolute Gasteiger partial charge is 0.224 e. The third-order valence-electron chi connectivity index (χ3n) is 5.85. The van der Waals surface area contributed by atoms with Crippen LogP contribution in [-0.4, -0.2) is 16.9 Å². The molecular formula is C22H24N4O. The van der Waals surface area contributed by atoms with E-state index < -0.39 is 0 Å². The van der Waals surface area contributed by atoms with Gasteiger partial charge >= 0.3 is 0 Å². The molecule has 2 aliphatic rings. The summed E-state index contributed by atoms with van der Waals surface area (Å²) in [4.78, 5) is 19.1. The number of nitrogens with zero attached hydrogens (tertiary/aromatic N) is 3. The normalized spacial score (nSPS) is 24.1. The number of hydrogen-bond donors (Lipinski definition) is 1. The van der Waals surface area contributed by atoms with Crippen molar-refractivity contribution in [3.63, 3.8) is 0 Å². The highest BCUT2D eigenvalue weighted by Gasteiger charge is 2.47. The molecular weight excluding hydrogens is 336 g/mol. The van der Waals surface area contributed by atoms with Crippen LogP contribution in [0.15, 0.2) is 36.4 Å². The Bertz CT molecular complexity index is 928. The lowest BCUT2D eigenvalue weighted by molar-refractivity contribution is -0.117. The first kappa shape index (κ1) is 17.5. The minimum atomic E-state index is 0.0715. The molecule has 1 amide bonds. The fourth-order valence-corrected chi connectivity index (χ4v) is 4.43. The van der Waals surface area contributed by atoms with Crippen molar-refractivity contribution >= 4 is 17.4 Å². The fourth-order valence-electron chi connectivity index (χ4n) is 4.43. The maximum absolute atomic E-state index is 12.5. The van der Waals surface area contributed by atoms with Crippen molar-refractivity contribution in [2.45, 2.75) is 45.7 Å². The van der Waals surface area contributed by atoms with Crippen molar-refractivity contribution in [1.82, 2.24) is 4.98 Å². The quantitative estimate of drug-likeness (QED) is 0.891. The van der Waals surface area contributed by atoms with Gasteiger partial charge in [0.05, 0.1) is 17.3 Å². The van der Waals surface area contributed by atoms with Crippen LogP contribution in [0, 0.1) is 30.1 Å². The Morgan fingerprint density at radius 2 is 2.00 bits per heavy atom. The van der Waals surface area contributed by atoms with Crippen LogP contribution in [0.2, 0.25) is 0 Å². The molecule has 2 heterocycles. The molecule has 2 aromatic rings. The first-order valence-corrected chi connectivity index (χ1v) is 9.54. The van der Waals surface area contributed by atoms with Gasteiger partial charge in [0.25, 0.3) is 0 Å². The number of benzene rings is 1. The molecule has 1 aromatic heterocycles. The van der Waals surface area contributed by atoms with Crippen LogP contribution in [-0.2, 0) is 4.79 Å². The number of carbonyl (C=O) groups is 1. The number of anilines is 2. The molecule has 27 heavy (non-hydrogen) atoms. The van der Waals surface area contributed by atoms with Gasteiger partial charge in [-0.2, -0.15) is 5.26 Å². The van der Waals surface area contributed by atoms with Crippen molar-refractivity contribution in [2.75, 3.05) is 10.2 Å². The van der Waals surface area contributed by atoms with Gasteiger partial charge in [0, 0.05) is 24.6 Å². The summed E-state index contributed by atoms with van der Waals surface area (Å²) in [5.41, 5.74) is 3.45. The van der Waals surface area contributed by atoms with E-state index in [9.17, 15) is 4.79 Å². The van der Waals surface area contributed by atoms with E-state index >= 15 is 0 Å². The first-order valence-electron chi connectivity index (χ1n) is 9.54. The molecule has 1 aliphatic carbocycles. The predicted octanol–water partition coefficient (Wildman–Crippen LogP) is 4.20. The SMILES string of the molecule is CC(=O)N1c2ccccc2C(Nc2ccc(C#N)c(C)n2)[C@@H](C)[C@@H]1C1CC1. The zero-order valence-electron chi connectivity index (χ0n) is 15.9. The van der Waals surface area contributed by atoms with Crippen molar-refractivity contribution < 1.29 is 4.79 Å². The van der Waals surface area contributed by atoms with Crippen LogP contribution >= 0.6 is 0 Å². The predicted molar refractivity (Wildman–Crippen MR) is 105 cm³/mol. The van der Waals surface area contributed by atoms with Crippen LogP contribution in [0.5, 0.6) is 0 Å². The average Bonchev–Trinajstić information content (AvgIpc) is 3.48. The van der Waals surface area contributed by atoms with Crippen molar-refractivity contribution in [3.05, 3.63) is 53.2 Å². The molecule has 0 saturated heterocycles. The number of carbonyl (C=O) groups excluding carboxylic acids is 1. The Balaban J connectivity index is 1.75. The molecule has 5 nitrogen and oxygen atoms in total. The van der Waals surface area contributed by atoms with Gasteiger partial charge in [-0.05, 0) is 49.4 Å². The molecule has 1 aromatic carbocycles. The first-order chi connectivity index (χ1) is 13.0. The highest BCUT2D eigenvalue weighted by Crippen LogP contribution is 2.49. The maximum atomic E-state index is 12.5. The van der Waals surface area contributed by atoms with E-state index in [1.165, 1.54) is 12.8 Å². The number of pyridine rings is 1. The summed E-state index contributed by atoms with van der Waals surface area (Å²) in [6, 6.07) is 14.3. The fraction of sp³-hybridized carbons (Fsp3) is 0.409. The summed E-state index contributed by atoms with van der Waals surface area (Å²) in [6.45, 7) is 5.74. The monoisotopic (exact) mass is 360 g/mol. The number of aryl methyl sites for hydroxylation is 1. The van der Waals surface area contributed by atoms with Gasteiger partial charge in [0.1, 0.15) is 11.9 Å². The van der Waals surface area contributed by atoms with Gasteiger partial charge in [0.15, 0.2) is 0 Å². The molecule has 1 saturated carbocycles. The van der Waals surface area contributed by atoms with Gasteiger partial charge < -0.3 is 10.2 Å². The highest BCUT2D eigenvalue weighted by atomic mass is 16.2. The second-order valence-electron chi connectivity index (χ2n) is 7.70. The number of amides is 1. The molecule has 1 fully saturated rings. The zero-order valence-corrected chi connectivity index (χ0v) is 15.9. The van der Waals surface area contributed by atoms with E-state index in [-0.39, 0.29) is 23.9 Å². The summed E-state index contributed by atoms with van der Waals surface area (Å²) in [5, 5.41) is 12.7. The standard InChI is InChI=1S/C22H24N4O/c1-13-21(25-20-11-10-17(12-23)14(2)24-20)18-6-4-5-7-19(18)26(15(3)27)22(13)16-8-9-16/h4-7,10-11,13,16,21-22H,8-9H2,1-3H3,(H,24,25)/t13-,21?,22-/m1/s1. The van der Waals surface area contributed by atoms with E-state index in [2.05, 4.69) is 29.4 Å². The summed E-state index contributed by atoms with van der Waals surface area (Å²) < 4.78 is 0. The lowest BCUT2D eigenvalue weighted by Gasteiger charge is -2.45. The van der Waals surface area contributed by atoms with Gasteiger partial charge in [-0.15, -0.1) is 0 Å². The van der Waals surface area contributed by atoms with Crippen molar-refractivity contribution in [3.8, 4) is 6.07 Å². The number of para-hydroxylation sites is 1. The number of nitriles is 1. The summed E-state index contributed by atoms with van der Waals surface area (Å²) in [6.07, 6.45) is 2.36. The van der Waals surface area contributed by atoms with Gasteiger partial charge in [-0.1, -0.05) is 25.1 Å². The number of nitrogens with one attached hydrogen (secondary N) is 1. The van der Waals surface area contributed by atoms with E-state index in [0.717, 1.165) is 22.8 Å². The second kappa shape index (κ2) is 6.70. The molecule has 3 atom stereocenters. The molecule has 0 spiro atoms. The Hall–Kier alpha value is -2.87. The minimum absolute atomic E-state index is 0.0715. The van der Waals surface area contributed by atoms with Crippen LogP contribution in [0.3, 0.4) is 0 Å². The third kappa shape index (κ3) is 3.06. The molecule has 1 aliphatic heterocycles. The van der Waals surface area contributed by atoms with E-state index in [1.807, 2.05) is 42.2 Å². The summed E-state index contributed by atoms with van der Waals surface area (Å²) >= 11 is 0. The highest BCUT2D eigenvalue weighted by molar-refractivity contribution is 5.94. The molecule has 4 rings (SSSR count). The number of rotatable bonds is 3. The van der Waals surface area contributed by atoms with Crippen LogP contribution in [0.4, 0.5) is 11.5 Å². The molecule has 0 radical (unpaired) electrons. The second-order valence-corrected chi connectivity index (χ2v) is 7.70. The number of aromatic nitrogens is 1. The molecule has 1 N–H and O–H groups in total. The lowest BCUT2D eigenvalue weighted by atomic mass is 9.80. The lowest BCUT2D eigenvalue weighted by Crippen LogP contribution is -2.51. The van der Waals surface area contributed by atoms with E-state index in [4.69, 9.17) is 5.26 Å². The molecule has 5 heteroatoms. The van der Waals surface area contributed by atoms with Gasteiger partial charge in [-0.3, -0.25) is 4.79 Å². The number of fused-ring (bicyclic) bond motifs is 1. The van der Waals surface area contributed by atoms with Crippen LogP contribution in [0.1, 0.15) is 49.6 Å². The van der Waals surface area contributed by atoms with E-state index in [0.29, 0.717) is 11.5 Å². The Morgan fingerprint density at radius 1 is 1.26 bits per heavy atom.